The van der Waals surface area contributed by atoms with E-state index in [4.69, 9.17) is 21.2 Å². The van der Waals surface area contributed by atoms with Crippen LogP contribution < -0.4 is 5.43 Å². The SMILES string of the molecule is CCN[NH-].O=[N+]([O-])O.[Pd]. The van der Waals surface area contributed by atoms with Crippen molar-refractivity contribution >= 4 is 0 Å². The maximum atomic E-state index is 8.36. The van der Waals surface area contributed by atoms with Gasteiger partial charge in [-0.3, -0.25) is 0 Å². The predicted molar refractivity (Wildman–Crippen MR) is 26.8 cm³/mol. The van der Waals surface area contributed by atoms with Crippen LogP contribution in [-0.2, 0) is 20.4 Å². The maximum absolute atomic E-state index is 8.36. The molecule has 0 aliphatic rings. The molecule has 0 aliphatic carbocycles. The summed E-state index contributed by atoms with van der Waals surface area (Å²) in [5, 5.41) is 13.6. The molecular weight excluding hydrogens is 220 g/mol. The summed E-state index contributed by atoms with van der Waals surface area (Å²) in [5.41, 5.74) is 2.18. The Morgan fingerprint density at radius 1 is 1.89 bits per heavy atom. The predicted octanol–water partition coefficient (Wildman–Crippen LogP) is 0.213. The van der Waals surface area contributed by atoms with Crippen LogP contribution in [0.2, 0.25) is 0 Å². The van der Waals surface area contributed by atoms with Gasteiger partial charge in [-0.15, -0.1) is 10.1 Å². The molecule has 6 nitrogen and oxygen atoms in total. The minimum Gasteiger partial charge on any atom is -0.613 e. The second-order valence-electron chi connectivity index (χ2n) is 0.768. The molecule has 0 atom stereocenters. The summed E-state index contributed by atoms with van der Waals surface area (Å²) in [6.07, 6.45) is 0. The second-order valence-corrected chi connectivity index (χ2v) is 0.768. The normalized spacial score (nSPS) is 6.00. The molecule has 0 radical (unpaired) electrons. The zero-order valence-corrected chi connectivity index (χ0v) is 6.29. The molecule has 0 saturated carbocycles. The van der Waals surface area contributed by atoms with Crippen molar-refractivity contribution in [2.75, 3.05) is 6.54 Å². The number of nitrogens with one attached hydrogen (secondary N) is 2. The average molecular weight is 229 g/mol. The van der Waals surface area contributed by atoms with E-state index in [0.29, 0.717) is 0 Å². The van der Waals surface area contributed by atoms with Gasteiger partial charge in [-0.2, -0.15) is 0 Å². The molecule has 0 unspecified atom stereocenters. The van der Waals surface area contributed by atoms with Crippen LogP contribution in [-0.4, -0.2) is 16.8 Å². The van der Waals surface area contributed by atoms with Crippen LogP contribution in [0.4, 0.5) is 0 Å². The Balaban J connectivity index is -0.0000000720. The monoisotopic (exact) mass is 228 g/mol. The summed E-state index contributed by atoms with van der Waals surface area (Å²) < 4.78 is 0. The third kappa shape index (κ3) is 425. The Kier molecular flexibility index (Phi) is 27.7. The third-order valence-electron chi connectivity index (χ3n) is 0.177. The Bertz CT molecular complexity index is 55.0. The maximum Gasteiger partial charge on any atom is 0.291 e. The van der Waals surface area contributed by atoms with Gasteiger partial charge in [0.15, 0.2) is 0 Å². The van der Waals surface area contributed by atoms with Gasteiger partial charge in [0.2, 0.25) is 0 Å². The molecule has 0 fully saturated rings. The van der Waals surface area contributed by atoms with Crippen molar-refractivity contribution in [2.24, 2.45) is 0 Å². The summed E-state index contributed by atoms with van der Waals surface area (Å²) in [6, 6.07) is 0. The summed E-state index contributed by atoms with van der Waals surface area (Å²) >= 11 is 0. The molecule has 7 heteroatoms. The van der Waals surface area contributed by atoms with E-state index in [1.807, 2.05) is 6.92 Å². The molecule has 3 N–H and O–H groups in total. The van der Waals surface area contributed by atoms with E-state index in [9.17, 15) is 0 Å². The van der Waals surface area contributed by atoms with Gasteiger partial charge in [0.25, 0.3) is 5.09 Å². The van der Waals surface area contributed by atoms with Gasteiger partial charge >= 0.3 is 0 Å². The van der Waals surface area contributed by atoms with Crippen molar-refractivity contribution in [3.8, 4) is 0 Å². The van der Waals surface area contributed by atoms with E-state index in [0.717, 1.165) is 6.54 Å². The van der Waals surface area contributed by atoms with Crippen LogP contribution in [0.25, 0.3) is 5.84 Å². The Labute approximate surface area is 66.2 Å². The standard InChI is InChI=1S/C2H7N2.HNO3.Pd/c1-2-4-3;2-1(3)4;/h3-4H,2H2,1H3;(H,2,3,4);/q-1;;. The van der Waals surface area contributed by atoms with E-state index in [2.05, 4.69) is 5.43 Å². The number of hydrogen-bond acceptors (Lipinski definition) is 3. The van der Waals surface area contributed by atoms with Crippen LogP contribution in [0, 0.1) is 10.1 Å². The summed E-state index contributed by atoms with van der Waals surface area (Å²) in [6.45, 7) is 2.62. The van der Waals surface area contributed by atoms with Crippen LogP contribution in [0.5, 0.6) is 0 Å². The summed E-state index contributed by atoms with van der Waals surface area (Å²) in [7, 11) is 0. The smallest absolute Gasteiger partial charge is 0.291 e. The topological polar surface area (TPSA) is 99.2 Å². The second kappa shape index (κ2) is 15.7. The van der Waals surface area contributed by atoms with Crippen LogP contribution >= 0.6 is 0 Å². The van der Waals surface area contributed by atoms with Gasteiger partial charge in [-0.05, 0) is 6.54 Å². The van der Waals surface area contributed by atoms with Gasteiger partial charge in [0, 0.05) is 20.4 Å². The fourth-order valence-corrected chi connectivity index (χ4v) is 0. The fourth-order valence-electron chi connectivity index (χ4n) is 0. The zero-order chi connectivity index (χ0) is 6.99. The van der Waals surface area contributed by atoms with E-state index in [1.165, 1.54) is 0 Å². The third-order valence-corrected chi connectivity index (χ3v) is 0.177. The summed E-state index contributed by atoms with van der Waals surface area (Å²) in [5.74, 6) is 6.20. The Morgan fingerprint density at radius 2 is 2.00 bits per heavy atom. The van der Waals surface area contributed by atoms with Gasteiger partial charge in [0.1, 0.15) is 0 Å². The first-order chi connectivity index (χ1) is 3.65. The molecule has 0 aliphatic heterocycles. The van der Waals surface area contributed by atoms with Crippen molar-refractivity contribution < 1.29 is 30.7 Å². The number of nitrogens with zero attached hydrogens (tertiary/aromatic N) is 1. The van der Waals surface area contributed by atoms with Gasteiger partial charge in [0.05, 0.1) is 0 Å². The number of hydrogen-bond donors (Lipinski definition) is 2. The molecular formula is C2H8N3O3Pd-. The first-order valence-electron chi connectivity index (χ1n) is 1.88. The van der Waals surface area contributed by atoms with E-state index < -0.39 is 5.09 Å². The molecule has 9 heavy (non-hydrogen) atoms. The van der Waals surface area contributed by atoms with Gasteiger partial charge in [-0.25, -0.2) is 0 Å². The molecule has 0 heterocycles. The minimum atomic E-state index is -1.50. The molecule has 0 aromatic heterocycles. The van der Waals surface area contributed by atoms with Crippen molar-refractivity contribution in [2.45, 2.75) is 6.92 Å². The fraction of sp³-hybridized carbons (Fsp3) is 1.00. The van der Waals surface area contributed by atoms with Crippen LogP contribution in [0.1, 0.15) is 6.92 Å². The van der Waals surface area contributed by atoms with Crippen molar-refractivity contribution in [1.82, 2.24) is 5.43 Å². The Morgan fingerprint density at radius 3 is 2.00 bits per heavy atom. The quantitative estimate of drug-likeness (QED) is 0.381. The molecule has 0 rings (SSSR count). The number of rotatable bonds is 1. The summed E-state index contributed by atoms with van der Waals surface area (Å²) in [4.78, 5) is 8.36. The van der Waals surface area contributed by atoms with Crippen molar-refractivity contribution in [1.29, 1.82) is 0 Å². The molecule has 0 aromatic rings. The van der Waals surface area contributed by atoms with Gasteiger partial charge < -0.3 is 16.5 Å². The zero-order valence-electron chi connectivity index (χ0n) is 4.73. The largest absolute Gasteiger partial charge is 0.613 e. The Hall–Kier alpha value is -0.218. The molecule has 0 bridgehead atoms. The van der Waals surface area contributed by atoms with E-state index >= 15 is 0 Å². The van der Waals surface area contributed by atoms with Gasteiger partial charge in [-0.1, -0.05) is 6.92 Å². The first kappa shape index (κ1) is 15.9. The average Bonchev–Trinajstić information content (AvgIpc) is 1.65. The first-order valence-corrected chi connectivity index (χ1v) is 1.88. The molecule has 0 amide bonds. The minimum absolute atomic E-state index is 0. The van der Waals surface area contributed by atoms with Crippen LogP contribution in [0.3, 0.4) is 0 Å². The van der Waals surface area contributed by atoms with E-state index in [1.54, 1.807) is 0 Å². The molecule has 0 saturated heterocycles. The van der Waals surface area contributed by atoms with Crippen molar-refractivity contribution in [3.05, 3.63) is 16.0 Å². The van der Waals surface area contributed by atoms with Crippen molar-refractivity contribution in [3.63, 3.8) is 0 Å². The molecule has 60 valence electrons. The van der Waals surface area contributed by atoms with E-state index in [-0.39, 0.29) is 20.4 Å². The molecule has 0 spiro atoms. The molecule has 0 aromatic carbocycles. The van der Waals surface area contributed by atoms with Crippen LogP contribution in [0.15, 0.2) is 0 Å².